The van der Waals surface area contributed by atoms with Crippen molar-refractivity contribution >= 4 is 11.9 Å². The van der Waals surface area contributed by atoms with Gasteiger partial charge in [0.15, 0.2) is 13.2 Å². The highest BCUT2D eigenvalue weighted by atomic mass is 19.1. The van der Waals surface area contributed by atoms with E-state index >= 15 is 0 Å². The summed E-state index contributed by atoms with van der Waals surface area (Å²) >= 11 is 0. The van der Waals surface area contributed by atoms with Crippen LogP contribution in [-0.4, -0.2) is 25.2 Å². The van der Waals surface area contributed by atoms with Gasteiger partial charge in [-0.05, 0) is 0 Å². The van der Waals surface area contributed by atoms with Gasteiger partial charge in [-0.15, -0.1) is 0 Å². The third kappa shape index (κ3) is 8.44. The van der Waals surface area contributed by atoms with Crippen LogP contribution in [0.2, 0.25) is 0 Å². The summed E-state index contributed by atoms with van der Waals surface area (Å²) in [5.74, 6) is 2.92. The molecule has 0 radical (unpaired) electrons. The highest BCUT2D eigenvalue weighted by Crippen LogP contribution is 1.83. The van der Waals surface area contributed by atoms with Gasteiger partial charge in [0.05, 0.1) is 24.8 Å². The van der Waals surface area contributed by atoms with Gasteiger partial charge in [0, 0.05) is 0 Å². The van der Waals surface area contributed by atoms with Crippen molar-refractivity contribution in [3.8, 4) is 11.8 Å². The van der Waals surface area contributed by atoms with Crippen molar-refractivity contribution in [2.75, 3.05) is 13.2 Å². The van der Waals surface area contributed by atoms with Crippen LogP contribution in [0.5, 0.6) is 0 Å². The molecule has 0 rings (SSSR count). The molecule has 6 heteroatoms. The highest BCUT2D eigenvalue weighted by molar-refractivity contribution is 5.82. The normalized spacial score (nSPS) is 9.88. The highest BCUT2D eigenvalue weighted by Gasteiger charge is 1.94. The van der Waals surface area contributed by atoms with E-state index in [9.17, 15) is 18.4 Å². The minimum Gasteiger partial charge on any atom is -0.449 e. The Morgan fingerprint density at radius 2 is 1.31 bits per heavy atom. The maximum Gasteiger partial charge on any atom is 0.334 e. The molecule has 0 aliphatic heterocycles. The summed E-state index contributed by atoms with van der Waals surface area (Å²) in [6.45, 7) is -0.501. The average molecular weight is 230 g/mol. The van der Waals surface area contributed by atoms with Crippen molar-refractivity contribution in [1.82, 2.24) is 0 Å². The summed E-state index contributed by atoms with van der Waals surface area (Å²) in [5, 5.41) is 0. The van der Waals surface area contributed by atoms with E-state index in [4.69, 9.17) is 0 Å². The molecule has 0 aliphatic carbocycles. The van der Waals surface area contributed by atoms with Crippen LogP contribution in [0, 0.1) is 11.8 Å². The maximum atomic E-state index is 11.4. The van der Waals surface area contributed by atoms with Gasteiger partial charge < -0.3 is 9.47 Å². The molecule has 0 aromatic carbocycles. The second-order valence-corrected chi connectivity index (χ2v) is 2.15. The quantitative estimate of drug-likeness (QED) is 0.411. The molecule has 0 aliphatic rings. The molecule has 0 aromatic rings. The molecule has 0 heterocycles. The molecule has 0 spiro atoms. The minimum absolute atomic E-state index is 0.0425. The molecule has 0 N–H and O–H groups in total. The number of hydrogen-bond acceptors (Lipinski definition) is 4. The van der Waals surface area contributed by atoms with E-state index in [0.717, 1.165) is 0 Å². The van der Waals surface area contributed by atoms with Crippen molar-refractivity contribution in [1.29, 1.82) is 0 Å². The zero-order chi connectivity index (χ0) is 12.2. The summed E-state index contributed by atoms with van der Waals surface area (Å²) in [6.07, 6.45) is 1.27. The Kier molecular flexibility index (Phi) is 8.13. The second-order valence-electron chi connectivity index (χ2n) is 2.15. The van der Waals surface area contributed by atoms with Crippen LogP contribution in [0.1, 0.15) is 0 Å². The summed E-state index contributed by atoms with van der Waals surface area (Å²) < 4.78 is 31.6. The van der Waals surface area contributed by atoms with E-state index in [1.807, 2.05) is 0 Å². The third-order valence-corrected chi connectivity index (χ3v) is 1.10. The van der Waals surface area contributed by atoms with Crippen molar-refractivity contribution in [2.45, 2.75) is 0 Å². The van der Waals surface area contributed by atoms with E-state index in [2.05, 4.69) is 21.3 Å². The predicted octanol–water partition coefficient (Wildman–Crippen LogP) is 1.04. The Bertz CT molecular complexity index is 318. The first-order chi connectivity index (χ1) is 7.70. The Labute approximate surface area is 90.5 Å². The fourth-order valence-electron chi connectivity index (χ4n) is 0.516. The summed E-state index contributed by atoms with van der Waals surface area (Å²) in [5.41, 5.74) is 0. The van der Waals surface area contributed by atoms with Crippen LogP contribution in [0.4, 0.5) is 8.78 Å². The first-order valence-corrected chi connectivity index (χ1v) is 4.03. The molecule has 0 amide bonds. The monoisotopic (exact) mass is 230 g/mol. The van der Waals surface area contributed by atoms with Crippen LogP contribution in [0.25, 0.3) is 0 Å². The van der Waals surface area contributed by atoms with Gasteiger partial charge in [0.1, 0.15) is 0 Å². The molecular weight excluding hydrogens is 222 g/mol. The molecule has 86 valence electrons. The Morgan fingerprint density at radius 3 is 1.62 bits per heavy atom. The van der Waals surface area contributed by atoms with Crippen molar-refractivity contribution in [3.63, 3.8) is 0 Å². The molecule has 0 saturated carbocycles. The van der Waals surface area contributed by atoms with E-state index in [-0.39, 0.29) is 25.9 Å². The first kappa shape index (κ1) is 13.8. The number of carbonyl (C=O) groups excluding carboxylic acids is 2. The largest absolute Gasteiger partial charge is 0.449 e. The molecule has 0 unspecified atom stereocenters. The Hall–Kier alpha value is -2.16. The van der Waals surface area contributed by atoms with Gasteiger partial charge in [0.2, 0.25) is 0 Å². The van der Waals surface area contributed by atoms with Crippen LogP contribution >= 0.6 is 0 Å². The van der Waals surface area contributed by atoms with Gasteiger partial charge in [-0.2, -0.15) is 0 Å². The second kappa shape index (κ2) is 9.40. The molecule has 16 heavy (non-hydrogen) atoms. The zero-order valence-corrected chi connectivity index (χ0v) is 8.11. The molecule has 0 aromatic heterocycles. The van der Waals surface area contributed by atoms with Crippen LogP contribution in [0.3, 0.4) is 0 Å². The van der Waals surface area contributed by atoms with E-state index in [1.165, 1.54) is 0 Å². The lowest BCUT2D eigenvalue weighted by atomic mass is 10.6. The van der Waals surface area contributed by atoms with Crippen molar-refractivity contribution in [3.05, 3.63) is 24.8 Å². The number of carbonyl (C=O) groups is 2. The van der Waals surface area contributed by atoms with Crippen LogP contribution < -0.4 is 0 Å². The summed E-state index contributed by atoms with van der Waals surface area (Å²) in [4.78, 5) is 21.0. The topological polar surface area (TPSA) is 52.6 Å². The Balaban J connectivity index is 3.64. The lowest BCUT2D eigenvalue weighted by Gasteiger charge is -1.94. The molecule has 0 atom stereocenters. The van der Waals surface area contributed by atoms with Gasteiger partial charge in [-0.3, -0.25) is 0 Å². The average Bonchev–Trinajstić information content (AvgIpc) is 2.24. The van der Waals surface area contributed by atoms with Crippen LogP contribution in [-0.2, 0) is 19.1 Å². The van der Waals surface area contributed by atoms with Gasteiger partial charge >= 0.3 is 11.9 Å². The van der Waals surface area contributed by atoms with Gasteiger partial charge in [-0.25, -0.2) is 18.4 Å². The molecule has 4 nitrogen and oxygen atoms in total. The predicted molar refractivity (Wildman–Crippen MR) is 50.2 cm³/mol. The van der Waals surface area contributed by atoms with Gasteiger partial charge in [-0.1, -0.05) is 11.8 Å². The molecule has 0 fully saturated rings. The SMILES string of the molecule is O=C(C=CF)OCC#CCOC(=O)C=CF. The van der Waals surface area contributed by atoms with Crippen LogP contribution in [0.15, 0.2) is 24.8 Å². The maximum absolute atomic E-state index is 11.4. The lowest BCUT2D eigenvalue weighted by Crippen LogP contribution is -2.02. The molecule has 0 bridgehead atoms. The fraction of sp³-hybridized carbons (Fsp3) is 0.200. The van der Waals surface area contributed by atoms with Gasteiger partial charge in [0.25, 0.3) is 0 Å². The third-order valence-electron chi connectivity index (χ3n) is 1.10. The van der Waals surface area contributed by atoms with Crippen molar-refractivity contribution < 1.29 is 27.8 Å². The molecule has 0 saturated heterocycles. The Morgan fingerprint density at radius 1 is 0.938 bits per heavy atom. The smallest absolute Gasteiger partial charge is 0.334 e. The van der Waals surface area contributed by atoms with Crippen molar-refractivity contribution in [2.24, 2.45) is 0 Å². The number of halogens is 2. The number of hydrogen-bond donors (Lipinski definition) is 0. The van der Waals surface area contributed by atoms with E-state index in [1.54, 1.807) is 0 Å². The molecular formula is C10H8F2O4. The van der Waals surface area contributed by atoms with E-state index < -0.39 is 11.9 Å². The van der Waals surface area contributed by atoms with E-state index in [0.29, 0.717) is 12.2 Å². The lowest BCUT2D eigenvalue weighted by molar-refractivity contribution is -0.137. The standard InChI is InChI=1S/C10H8F2O4/c11-5-3-9(13)15-7-1-2-8-16-10(14)4-6-12/h3-6H,7-8H2. The first-order valence-electron chi connectivity index (χ1n) is 4.03. The number of ether oxygens (including phenoxy) is 2. The zero-order valence-electron chi connectivity index (χ0n) is 8.11. The number of esters is 2. The summed E-state index contributed by atoms with van der Waals surface area (Å²) in [7, 11) is 0. The number of rotatable bonds is 4. The minimum atomic E-state index is -0.867. The summed E-state index contributed by atoms with van der Waals surface area (Å²) in [6, 6.07) is 0. The fourth-order valence-corrected chi connectivity index (χ4v) is 0.516.